The summed E-state index contributed by atoms with van der Waals surface area (Å²) in [6, 6.07) is 12.6. The number of benzene rings is 2. The van der Waals surface area contributed by atoms with Gasteiger partial charge >= 0.3 is 5.97 Å². The van der Waals surface area contributed by atoms with Crippen molar-refractivity contribution in [2.75, 3.05) is 0 Å². The molecule has 1 atom stereocenters. The zero-order valence-corrected chi connectivity index (χ0v) is 12.2. The van der Waals surface area contributed by atoms with Crippen LogP contribution in [0.3, 0.4) is 0 Å². The van der Waals surface area contributed by atoms with Gasteiger partial charge in [-0.05, 0) is 23.1 Å². The summed E-state index contributed by atoms with van der Waals surface area (Å²) in [7, 11) is 0. The van der Waals surface area contributed by atoms with Gasteiger partial charge in [0.05, 0.1) is 0 Å². The molecule has 110 valence electrons. The van der Waals surface area contributed by atoms with Gasteiger partial charge < -0.3 is 10.8 Å². The first-order valence-electron chi connectivity index (χ1n) is 6.91. The minimum Gasteiger partial charge on any atom is -0.480 e. The van der Waals surface area contributed by atoms with Crippen LogP contribution in [-0.2, 0) is 4.79 Å². The van der Waals surface area contributed by atoms with E-state index in [4.69, 9.17) is 5.73 Å². The number of fused-ring (bicyclic) bond motifs is 1. The molecular formula is C17H19NO3. The Morgan fingerprint density at radius 2 is 1.76 bits per heavy atom. The molecule has 0 bridgehead atoms. The Labute approximate surface area is 123 Å². The molecule has 0 saturated heterocycles. The summed E-state index contributed by atoms with van der Waals surface area (Å²) in [4.78, 5) is 24.3. The fourth-order valence-corrected chi connectivity index (χ4v) is 2.58. The molecular weight excluding hydrogens is 266 g/mol. The van der Waals surface area contributed by atoms with Crippen LogP contribution >= 0.6 is 0 Å². The summed E-state index contributed by atoms with van der Waals surface area (Å²) in [5, 5.41) is 11.1. The molecule has 0 amide bonds. The highest BCUT2D eigenvalue weighted by atomic mass is 16.4. The van der Waals surface area contributed by atoms with Crippen molar-refractivity contribution in [2.24, 2.45) is 11.7 Å². The molecule has 4 heteroatoms. The molecule has 0 radical (unpaired) electrons. The van der Waals surface area contributed by atoms with E-state index < -0.39 is 17.3 Å². The lowest BCUT2D eigenvalue weighted by Crippen LogP contribution is -2.55. The van der Waals surface area contributed by atoms with Crippen molar-refractivity contribution in [3.05, 3.63) is 48.0 Å². The van der Waals surface area contributed by atoms with Gasteiger partial charge in [0.2, 0.25) is 0 Å². The lowest BCUT2D eigenvalue weighted by atomic mass is 9.82. The van der Waals surface area contributed by atoms with Crippen LogP contribution in [0.4, 0.5) is 0 Å². The maximum absolute atomic E-state index is 12.8. The number of carbonyl (C=O) groups excluding carboxylic acids is 1. The van der Waals surface area contributed by atoms with Gasteiger partial charge in [-0.3, -0.25) is 4.79 Å². The van der Waals surface area contributed by atoms with Crippen LogP contribution in [0, 0.1) is 5.92 Å². The number of aliphatic carboxylic acids is 1. The molecule has 0 saturated carbocycles. The second-order valence-electron chi connectivity index (χ2n) is 5.73. The Hall–Kier alpha value is -2.20. The summed E-state index contributed by atoms with van der Waals surface area (Å²) in [5.41, 5.74) is 4.43. The van der Waals surface area contributed by atoms with Crippen molar-refractivity contribution in [2.45, 2.75) is 25.8 Å². The molecule has 4 nitrogen and oxygen atoms in total. The van der Waals surface area contributed by atoms with E-state index in [-0.39, 0.29) is 12.3 Å². The molecule has 3 N–H and O–H groups in total. The molecule has 0 aromatic heterocycles. The lowest BCUT2D eigenvalue weighted by Gasteiger charge is -2.25. The second kappa shape index (κ2) is 5.66. The Morgan fingerprint density at radius 3 is 2.38 bits per heavy atom. The molecule has 21 heavy (non-hydrogen) atoms. The van der Waals surface area contributed by atoms with Gasteiger partial charge in [0.15, 0.2) is 11.3 Å². The van der Waals surface area contributed by atoms with Crippen molar-refractivity contribution in [3.8, 4) is 0 Å². The van der Waals surface area contributed by atoms with Gasteiger partial charge in [-0.2, -0.15) is 0 Å². The maximum atomic E-state index is 12.8. The number of carbonyl (C=O) groups is 2. The third kappa shape index (κ3) is 2.81. The third-order valence-electron chi connectivity index (χ3n) is 3.55. The van der Waals surface area contributed by atoms with E-state index in [9.17, 15) is 14.7 Å². The average Bonchev–Trinajstić information content (AvgIpc) is 2.45. The summed E-state index contributed by atoms with van der Waals surface area (Å²) in [5.74, 6) is -1.82. The highest BCUT2D eigenvalue weighted by Crippen LogP contribution is 2.25. The minimum absolute atomic E-state index is 0.00465. The number of carboxylic acid groups (broad SMARTS) is 1. The first-order chi connectivity index (χ1) is 9.86. The smallest absolute Gasteiger partial charge is 0.331 e. The molecule has 2 rings (SSSR count). The Balaban J connectivity index is 2.57. The Bertz CT molecular complexity index is 688. The predicted octanol–water partition coefficient (Wildman–Crippen LogP) is 2.85. The quantitative estimate of drug-likeness (QED) is 0.654. The highest BCUT2D eigenvalue weighted by Gasteiger charge is 2.43. The number of Topliss-reactive ketones (excluding diaryl/α,β-unsaturated/α-hetero) is 1. The normalized spacial score (nSPS) is 14.1. The van der Waals surface area contributed by atoms with Crippen LogP contribution < -0.4 is 5.73 Å². The van der Waals surface area contributed by atoms with Crippen LogP contribution in [0.5, 0.6) is 0 Å². The number of nitrogens with two attached hydrogens (primary N) is 1. The van der Waals surface area contributed by atoms with Crippen molar-refractivity contribution >= 4 is 22.5 Å². The number of ketones is 1. The van der Waals surface area contributed by atoms with Crippen molar-refractivity contribution < 1.29 is 14.7 Å². The van der Waals surface area contributed by atoms with E-state index >= 15 is 0 Å². The van der Waals surface area contributed by atoms with Crippen molar-refractivity contribution in [3.63, 3.8) is 0 Å². The van der Waals surface area contributed by atoms with Crippen LogP contribution in [0.1, 0.15) is 30.6 Å². The monoisotopic (exact) mass is 285 g/mol. The largest absolute Gasteiger partial charge is 0.480 e. The summed E-state index contributed by atoms with van der Waals surface area (Å²) in [6.07, 6.45) is 0.102. The molecule has 0 spiro atoms. The van der Waals surface area contributed by atoms with Gasteiger partial charge in [-0.15, -0.1) is 0 Å². The zero-order valence-electron chi connectivity index (χ0n) is 12.2. The molecule has 0 unspecified atom stereocenters. The molecule has 2 aromatic rings. The Morgan fingerprint density at radius 1 is 1.14 bits per heavy atom. The van der Waals surface area contributed by atoms with Crippen LogP contribution in [0.25, 0.3) is 10.8 Å². The average molecular weight is 285 g/mol. The van der Waals surface area contributed by atoms with E-state index in [0.29, 0.717) is 5.56 Å². The maximum Gasteiger partial charge on any atom is 0.331 e. The van der Waals surface area contributed by atoms with Gasteiger partial charge in [-0.25, -0.2) is 4.79 Å². The number of hydrogen-bond donors (Lipinski definition) is 2. The number of hydrogen-bond acceptors (Lipinski definition) is 3. The first-order valence-corrected chi connectivity index (χ1v) is 6.91. The number of carboxylic acids is 1. The lowest BCUT2D eigenvalue weighted by molar-refractivity contribution is -0.141. The fourth-order valence-electron chi connectivity index (χ4n) is 2.58. The predicted molar refractivity (Wildman–Crippen MR) is 82.3 cm³/mol. The SMILES string of the molecule is CC(C)C[C@](N)(C(=O)O)C(=O)c1cccc2ccccc12. The molecule has 0 aliphatic rings. The zero-order chi connectivity index (χ0) is 15.6. The third-order valence-corrected chi connectivity index (χ3v) is 3.55. The molecule has 0 aliphatic carbocycles. The summed E-state index contributed by atoms with van der Waals surface area (Å²) >= 11 is 0. The van der Waals surface area contributed by atoms with Crippen molar-refractivity contribution in [1.82, 2.24) is 0 Å². The second-order valence-corrected chi connectivity index (χ2v) is 5.73. The first kappa shape index (κ1) is 15.2. The van der Waals surface area contributed by atoms with Crippen LogP contribution in [-0.4, -0.2) is 22.4 Å². The highest BCUT2D eigenvalue weighted by molar-refractivity contribution is 6.20. The molecule has 0 aliphatic heterocycles. The number of rotatable bonds is 5. The molecule has 2 aromatic carbocycles. The molecule has 0 heterocycles. The molecule has 0 fully saturated rings. The topological polar surface area (TPSA) is 80.4 Å². The minimum atomic E-state index is -1.89. The van der Waals surface area contributed by atoms with Gasteiger partial charge in [0.25, 0.3) is 0 Å². The van der Waals surface area contributed by atoms with Gasteiger partial charge in [0, 0.05) is 5.56 Å². The van der Waals surface area contributed by atoms with Gasteiger partial charge in [0.1, 0.15) is 0 Å². The van der Waals surface area contributed by atoms with Gasteiger partial charge in [-0.1, -0.05) is 56.3 Å². The summed E-state index contributed by atoms with van der Waals surface area (Å²) in [6.45, 7) is 3.70. The standard InChI is InChI=1S/C17H19NO3/c1-11(2)10-17(18,16(20)21)15(19)14-9-5-7-12-6-3-4-8-13(12)14/h3-9,11H,10,18H2,1-2H3,(H,20,21)/t17-/m1/s1. The van der Waals surface area contributed by atoms with Crippen LogP contribution in [0.15, 0.2) is 42.5 Å². The van der Waals surface area contributed by atoms with E-state index in [1.807, 2.05) is 38.1 Å². The Kier molecular flexibility index (Phi) is 4.09. The van der Waals surface area contributed by atoms with E-state index in [1.165, 1.54) is 0 Å². The van der Waals surface area contributed by atoms with E-state index in [0.717, 1.165) is 10.8 Å². The van der Waals surface area contributed by atoms with E-state index in [1.54, 1.807) is 18.2 Å². The van der Waals surface area contributed by atoms with E-state index in [2.05, 4.69) is 0 Å². The fraction of sp³-hybridized carbons (Fsp3) is 0.294. The van der Waals surface area contributed by atoms with Crippen molar-refractivity contribution in [1.29, 1.82) is 0 Å². The summed E-state index contributed by atoms with van der Waals surface area (Å²) < 4.78 is 0. The van der Waals surface area contributed by atoms with Crippen LogP contribution in [0.2, 0.25) is 0 Å².